The molecule has 23 heavy (non-hydrogen) atoms. The summed E-state index contributed by atoms with van der Waals surface area (Å²) in [6, 6.07) is 10.4. The smallest absolute Gasteiger partial charge is 0.242 e. The lowest BCUT2D eigenvalue weighted by atomic mass is 10.1. The Bertz CT molecular complexity index is 682. The molecule has 6 nitrogen and oxygen atoms in total. The fourth-order valence-electron chi connectivity index (χ4n) is 2.12. The zero-order valence-electron chi connectivity index (χ0n) is 13.2. The largest absolute Gasteiger partial charge is 0.468 e. The predicted octanol–water partition coefficient (Wildman–Crippen LogP) is 1.93. The maximum atomic E-state index is 12.3. The first-order chi connectivity index (χ1) is 11.0. The Morgan fingerprint density at radius 3 is 2.57 bits per heavy atom. The van der Waals surface area contributed by atoms with Crippen molar-refractivity contribution in [1.29, 1.82) is 0 Å². The molecule has 2 aromatic rings. The van der Waals surface area contributed by atoms with Gasteiger partial charge in [0.2, 0.25) is 10.0 Å². The van der Waals surface area contributed by atoms with E-state index < -0.39 is 16.3 Å². The van der Waals surface area contributed by atoms with Crippen molar-refractivity contribution < 1.29 is 12.8 Å². The summed E-state index contributed by atoms with van der Waals surface area (Å²) in [5.41, 5.74) is 6.90. The molecule has 1 aromatic heterocycles. The van der Waals surface area contributed by atoms with Crippen LogP contribution in [0.25, 0.3) is 0 Å². The third kappa shape index (κ3) is 5.47. The number of hydrogen-bond donors (Lipinski definition) is 3. The molecule has 1 heterocycles. The standard InChI is InChI=1S/C16H23N3O3S/c1-2-3-5-13-7-9-15(10-8-13)23(20,21)19-16(17)18-12-14-6-4-11-22-14/h4,6-11,16,18-19H,2-3,5,12,17H2,1H3. The van der Waals surface area contributed by atoms with Crippen LogP contribution in [0.5, 0.6) is 0 Å². The molecule has 126 valence electrons. The Morgan fingerprint density at radius 2 is 1.96 bits per heavy atom. The summed E-state index contributed by atoms with van der Waals surface area (Å²) in [6.07, 6.45) is 3.80. The summed E-state index contributed by atoms with van der Waals surface area (Å²) in [5, 5.41) is 2.84. The number of furan rings is 1. The van der Waals surface area contributed by atoms with E-state index in [1.54, 1.807) is 30.5 Å². The van der Waals surface area contributed by atoms with E-state index in [1.165, 1.54) is 0 Å². The molecule has 0 aliphatic carbocycles. The van der Waals surface area contributed by atoms with E-state index in [2.05, 4.69) is 17.0 Å². The summed E-state index contributed by atoms with van der Waals surface area (Å²) < 4.78 is 32.1. The summed E-state index contributed by atoms with van der Waals surface area (Å²) in [4.78, 5) is 0.202. The first-order valence-corrected chi connectivity index (χ1v) is 9.12. The van der Waals surface area contributed by atoms with Gasteiger partial charge < -0.3 is 10.2 Å². The number of rotatable bonds is 9. The van der Waals surface area contributed by atoms with E-state index in [4.69, 9.17) is 10.2 Å². The monoisotopic (exact) mass is 337 g/mol. The molecule has 2 rings (SSSR count). The van der Waals surface area contributed by atoms with Gasteiger partial charge in [-0.1, -0.05) is 25.5 Å². The molecule has 0 aliphatic rings. The van der Waals surface area contributed by atoms with E-state index in [9.17, 15) is 8.42 Å². The first kappa shape index (κ1) is 17.7. The van der Waals surface area contributed by atoms with Gasteiger partial charge >= 0.3 is 0 Å². The summed E-state index contributed by atoms with van der Waals surface area (Å²) >= 11 is 0. The lowest BCUT2D eigenvalue weighted by Gasteiger charge is -2.15. The Balaban J connectivity index is 1.92. The maximum absolute atomic E-state index is 12.3. The molecule has 0 spiro atoms. The average Bonchev–Trinajstić information content (AvgIpc) is 3.04. The van der Waals surface area contributed by atoms with Crippen molar-refractivity contribution in [2.24, 2.45) is 5.73 Å². The highest BCUT2D eigenvalue weighted by Crippen LogP contribution is 2.12. The van der Waals surface area contributed by atoms with Gasteiger partial charge in [0.25, 0.3) is 0 Å². The Labute approximate surface area is 137 Å². The quantitative estimate of drug-likeness (QED) is 0.608. The summed E-state index contributed by atoms with van der Waals surface area (Å²) in [6.45, 7) is 2.46. The maximum Gasteiger partial charge on any atom is 0.242 e. The highest BCUT2D eigenvalue weighted by molar-refractivity contribution is 7.89. The van der Waals surface area contributed by atoms with Crippen molar-refractivity contribution in [1.82, 2.24) is 10.0 Å². The molecule has 0 amide bonds. The van der Waals surface area contributed by atoms with Crippen molar-refractivity contribution in [2.45, 2.75) is 43.9 Å². The molecule has 0 saturated heterocycles. The van der Waals surface area contributed by atoms with Crippen LogP contribution in [0.3, 0.4) is 0 Å². The average molecular weight is 337 g/mol. The van der Waals surface area contributed by atoms with Crippen LogP contribution < -0.4 is 15.8 Å². The first-order valence-electron chi connectivity index (χ1n) is 7.64. The van der Waals surface area contributed by atoms with Gasteiger partial charge in [-0.25, -0.2) is 8.42 Å². The minimum Gasteiger partial charge on any atom is -0.468 e. The number of hydrogen-bond acceptors (Lipinski definition) is 5. The second-order valence-corrected chi connectivity index (χ2v) is 7.02. The fourth-order valence-corrected chi connectivity index (χ4v) is 3.16. The third-order valence-electron chi connectivity index (χ3n) is 3.41. The van der Waals surface area contributed by atoms with Crippen LogP contribution in [-0.4, -0.2) is 14.7 Å². The van der Waals surface area contributed by atoms with Gasteiger partial charge in [0.05, 0.1) is 17.7 Å². The van der Waals surface area contributed by atoms with Crippen molar-refractivity contribution >= 4 is 10.0 Å². The third-order valence-corrected chi connectivity index (χ3v) is 4.87. The van der Waals surface area contributed by atoms with E-state index in [1.807, 2.05) is 12.1 Å². The second kappa shape index (κ2) is 8.26. The van der Waals surface area contributed by atoms with Crippen molar-refractivity contribution in [3.05, 3.63) is 54.0 Å². The van der Waals surface area contributed by atoms with E-state index in [0.717, 1.165) is 24.8 Å². The molecule has 0 aliphatic heterocycles. The van der Waals surface area contributed by atoms with Crippen LogP contribution >= 0.6 is 0 Å². The van der Waals surface area contributed by atoms with Gasteiger partial charge in [0, 0.05) is 0 Å². The van der Waals surface area contributed by atoms with Crippen molar-refractivity contribution in [3.8, 4) is 0 Å². The number of nitrogens with one attached hydrogen (secondary N) is 2. The lowest BCUT2D eigenvalue weighted by molar-refractivity contribution is 0.433. The zero-order valence-corrected chi connectivity index (χ0v) is 14.0. The molecule has 4 N–H and O–H groups in total. The zero-order chi connectivity index (χ0) is 16.7. The van der Waals surface area contributed by atoms with Gasteiger partial charge in [-0.05, 0) is 42.7 Å². The van der Waals surface area contributed by atoms with Crippen LogP contribution in [-0.2, 0) is 23.0 Å². The number of nitrogens with two attached hydrogens (primary N) is 1. The molecular weight excluding hydrogens is 314 g/mol. The minimum atomic E-state index is -3.66. The van der Waals surface area contributed by atoms with E-state index in [-0.39, 0.29) is 4.90 Å². The Hall–Kier alpha value is -1.67. The lowest BCUT2D eigenvalue weighted by Crippen LogP contribution is -2.51. The van der Waals surface area contributed by atoms with E-state index in [0.29, 0.717) is 12.3 Å². The number of sulfonamides is 1. The fraction of sp³-hybridized carbons (Fsp3) is 0.375. The second-order valence-electron chi connectivity index (χ2n) is 5.31. The molecule has 0 radical (unpaired) electrons. The van der Waals surface area contributed by atoms with Crippen LogP contribution in [0.4, 0.5) is 0 Å². The van der Waals surface area contributed by atoms with Crippen molar-refractivity contribution in [3.63, 3.8) is 0 Å². The number of benzene rings is 1. The molecular formula is C16H23N3O3S. The molecule has 1 unspecified atom stereocenters. The summed E-state index contributed by atoms with van der Waals surface area (Å²) in [5.74, 6) is 0.680. The van der Waals surface area contributed by atoms with E-state index >= 15 is 0 Å². The number of unbranched alkanes of at least 4 members (excludes halogenated alkanes) is 1. The molecule has 1 aromatic carbocycles. The SMILES string of the molecule is CCCCc1ccc(S(=O)(=O)NC(N)NCc2ccco2)cc1. The minimum absolute atomic E-state index is 0.202. The molecule has 0 fully saturated rings. The van der Waals surface area contributed by atoms with Gasteiger partial charge in [0.1, 0.15) is 12.0 Å². The topological polar surface area (TPSA) is 97.4 Å². The molecule has 0 saturated carbocycles. The molecule has 1 atom stereocenters. The normalized spacial score (nSPS) is 13.1. The number of aryl methyl sites for hydroxylation is 1. The van der Waals surface area contributed by atoms with Gasteiger partial charge in [-0.15, -0.1) is 0 Å². The highest BCUT2D eigenvalue weighted by atomic mass is 32.2. The Morgan fingerprint density at radius 1 is 1.22 bits per heavy atom. The van der Waals surface area contributed by atoms with Crippen LogP contribution in [0, 0.1) is 0 Å². The van der Waals surface area contributed by atoms with Gasteiger partial charge in [-0.3, -0.25) is 5.32 Å². The highest BCUT2D eigenvalue weighted by Gasteiger charge is 2.17. The van der Waals surface area contributed by atoms with Crippen molar-refractivity contribution in [2.75, 3.05) is 0 Å². The van der Waals surface area contributed by atoms with Gasteiger partial charge in [0.15, 0.2) is 0 Å². The molecule has 0 bridgehead atoms. The summed E-state index contributed by atoms with van der Waals surface area (Å²) in [7, 11) is -3.66. The van der Waals surface area contributed by atoms with Crippen LogP contribution in [0.15, 0.2) is 52.0 Å². The van der Waals surface area contributed by atoms with Gasteiger partial charge in [-0.2, -0.15) is 4.72 Å². The van der Waals surface area contributed by atoms with Crippen LogP contribution in [0.2, 0.25) is 0 Å². The van der Waals surface area contributed by atoms with Crippen LogP contribution in [0.1, 0.15) is 31.1 Å². The predicted molar refractivity (Wildman–Crippen MR) is 88.9 cm³/mol. The Kier molecular flexibility index (Phi) is 6.35. The molecule has 7 heteroatoms.